The van der Waals surface area contributed by atoms with E-state index < -0.39 is 0 Å². The predicted molar refractivity (Wildman–Crippen MR) is 71.0 cm³/mol. The average Bonchev–Trinajstić information content (AvgIpc) is 2.84. The van der Waals surface area contributed by atoms with Crippen molar-refractivity contribution in [2.75, 3.05) is 0 Å². The Morgan fingerprint density at radius 2 is 1.94 bits per heavy atom. The largest absolute Gasteiger partial charge is 0.465 e. The van der Waals surface area contributed by atoms with Crippen molar-refractivity contribution in [1.82, 2.24) is 5.32 Å². The number of aryl methyl sites for hydroxylation is 1. The molecule has 0 bridgehead atoms. The normalized spacial score (nSPS) is 25.1. The van der Waals surface area contributed by atoms with E-state index in [9.17, 15) is 0 Å². The van der Waals surface area contributed by atoms with E-state index in [0.29, 0.717) is 6.04 Å². The van der Waals surface area contributed by atoms with Crippen molar-refractivity contribution >= 4 is 0 Å². The third kappa shape index (κ3) is 3.35. The highest BCUT2D eigenvalue weighted by molar-refractivity contribution is 5.07. The summed E-state index contributed by atoms with van der Waals surface area (Å²) < 4.78 is 5.73. The summed E-state index contributed by atoms with van der Waals surface area (Å²) in [7, 11) is 0. The van der Waals surface area contributed by atoms with Crippen LogP contribution in [0.25, 0.3) is 0 Å². The molecule has 2 unspecified atom stereocenters. The zero-order chi connectivity index (χ0) is 12.1. The first-order valence-electron chi connectivity index (χ1n) is 7.14. The maximum atomic E-state index is 5.73. The molecule has 0 saturated heterocycles. The fourth-order valence-corrected chi connectivity index (χ4v) is 2.90. The van der Waals surface area contributed by atoms with Gasteiger partial charge in [-0.25, -0.2) is 0 Å². The first-order valence-corrected chi connectivity index (χ1v) is 7.14. The molecular formula is C15H25NO. The Morgan fingerprint density at radius 1 is 1.18 bits per heavy atom. The van der Waals surface area contributed by atoms with Crippen molar-refractivity contribution in [3.05, 3.63) is 23.7 Å². The lowest BCUT2D eigenvalue weighted by Gasteiger charge is -2.31. The maximum absolute atomic E-state index is 5.73. The Labute approximate surface area is 105 Å². The highest BCUT2D eigenvalue weighted by atomic mass is 16.3. The molecule has 1 heterocycles. The van der Waals surface area contributed by atoms with E-state index >= 15 is 0 Å². The molecule has 0 aromatic carbocycles. The van der Waals surface area contributed by atoms with E-state index in [2.05, 4.69) is 31.3 Å². The van der Waals surface area contributed by atoms with Crippen molar-refractivity contribution in [2.45, 2.75) is 65.0 Å². The van der Waals surface area contributed by atoms with Gasteiger partial charge < -0.3 is 9.73 Å². The van der Waals surface area contributed by atoms with Crippen LogP contribution in [-0.2, 0) is 13.0 Å². The van der Waals surface area contributed by atoms with Crippen LogP contribution >= 0.6 is 0 Å². The summed E-state index contributed by atoms with van der Waals surface area (Å²) in [6.45, 7) is 5.33. The van der Waals surface area contributed by atoms with Crippen LogP contribution in [-0.4, -0.2) is 6.04 Å². The van der Waals surface area contributed by atoms with E-state index in [4.69, 9.17) is 4.42 Å². The number of nitrogens with one attached hydrogen (secondary N) is 1. The van der Waals surface area contributed by atoms with Crippen LogP contribution in [0.4, 0.5) is 0 Å². The molecule has 1 aromatic rings. The van der Waals surface area contributed by atoms with E-state index in [-0.39, 0.29) is 0 Å². The third-order valence-corrected chi connectivity index (χ3v) is 4.04. The fraction of sp³-hybridized carbons (Fsp3) is 0.733. The van der Waals surface area contributed by atoms with Crippen molar-refractivity contribution in [2.24, 2.45) is 5.92 Å². The summed E-state index contributed by atoms with van der Waals surface area (Å²) in [5.41, 5.74) is 0. The molecule has 96 valence electrons. The quantitative estimate of drug-likeness (QED) is 0.837. The topological polar surface area (TPSA) is 25.2 Å². The number of rotatable bonds is 5. The summed E-state index contributed by atoms with van der Waals surface area (Å²) in [6.07, 6.45) is 7.81. The average molecular weight is 235 g/mol. The molecule has 1 N–H and O–H groups in total. The molecule has 2 atom stereocenters. The molecular weight excluding hydrogens is 210 g/mol. The molecule has 1 aliphatic carbocycles. The van der Waals surface area contributed by atoms with E-state index in [1.807, 2.05) is 0 Å². The molecule has 2 nitrogen and oxygen atoms in total. The highest BCUT2D eigenvalue weighted by Gasteiger charge is 2.23. The Morgan fingerprint density at radius 3 is 2.65 bits per heavy atom. The van der Waals surface area contributed by atoms with Gasteiger partial charge in [-0.15, -0.1) is 0 Å². The van der Waals surface area contributed by atoms with Gasteiger partial charge in [0.2, 0.25) is 0 Å². The number of furan rings is 1. The molecule has 2 rings (SSSR count). The van der Waals surface area contributed by atoms with E-state index in [0.717, 1.165) is 30.4 Å². The number of hydrogen-bond acceptors (Lipinski definition) is 2. The number of hydrogen-bond donors (Lipinski definition) is 1. The third-order valence-electron chi connectivity index (χ3n) is 4.04. The van der Waals surface area contributed by atoms with Gasteiger partial charge in [-0.1, -0.05) is 33.1 Å². The summed E-state index contributed by atoms with van der Waals surface area (Å²) >= 11 is 0. The van der Waals surface area contributed by atoms with E-state index in [1.54, 1.807) is 0 Å². The summed E-state index contributed by atoms with van der Waals surface area (Å²) in [5.74, 6) is 3.05. The van der Waals surface area contributed by atoms with Gasteiger partial charge in [0.25, 0.3) is 0 Å². The molecule has 0 radical (unpaired) electrons. The Bertz CT molecular complexity index is 331. The van der Waals surface area contributed by atoms with Gasteiger partial charge in [-0.2, -0.15) is 0 Å². The second kappa shape index (κ2) is 6.25. The maximum Gasteiger partial charge on any atom is 0.117 e. The van der Waals surface area contributed by atoms with Gasteiger partial charge in [0.05, 0.1) is 6.54 Å². The molecule has 0 spiro atoms. The molecule has 2 heteroatoms. The zero-order valence-corrected chi connectivity index (χ0v) is 11.2. The lowest BCUT2D eigenvalue weighted by atomic mass is 9.83. The SMILES string of the molecule is CCc1ccc(CNC2CCCCC2CC)o1. The van der Waals surface area contributed by atoms with Crippen LogP contribution < -0.4 is 5.32 Å². The Kier molecular flexibility index (Phi) is 4.66. The van der Waals surface area contributed by atoms with Crippen LogP contribution in [0.1, 0.15) is 57.5 Å². The molecule has 1 aliphatic rings. The van der Waals surface area contributed by atoms with Crippen molar-refractivity contribution < 1.29 is 4.42 Å². The van der Waals surface area contributed by atoms with Crippen LogP contribution in [0, 0.1) is 5.92 Å². The zero-order valence-electron chi connectivity index (χ0n) is 11.2. The summed E-state index contributed by atoms with van der Waals surface area (Å²) in [6, 6.07) is 4.90. The highest BCUT2D eigenvalue weighted by Crippen LogP contribution is 2.27. The van der Waals surface area contributed by atoms with Gasteiger partial charge >= 0.3 is 0 Å². The molecule has 1 fully saturated rings. The van der Waals surface area contributed by atoms with Crippen molar-refractivity contribution in [3.63, 3.8) is 0 Å². The second-order valence-electron chi connectivity index (χ2n) is 5.16. The fourth-order valence-electron chi connectivity index (χ4n) is 2.90. The lowest BCUT2D eigenvalue weighted by molar-refractivity contribution is 0.249. The summed E-state index contributed by atoms with van der Waals surface area (Å²) in [4.78, 5) is 0. The predicted octanol–water partition coefficient (Wildman–Crippen LogP) is 3.90. The molecule has 1 aromatic heterocycles. The van der Waals surface area contributed by atoms with Crippen molar-refractivity contribution in [3.8, 4) is 0 Å². The molecule has 17 heavy (non-hydrogen) atoms. The minimum absolute atomic E-state index is 0.698. The minimum Gasteiger partial charge on any atom is -0.465 e. The van der Waals surface area contributed by atoms with Gasteiger partial charge in [0.1, 0.15) is 11.5 Å². The standard InChI is InChI=1S/C15H25NO/c1-3-12-7-5-6-8-15(12)16-11-14-10-9-13(4-2)17-14/h9-10,12,15-16H,3-8,11H2,1-2H3. The van der Waals surface area contributed by atoms with Crippen LogP contribution in [0.3, 0.4) is 0 Å². The Balaban J connectivity index is 1.83. The second-order valence-corrected chi connectivity index (χ2v) is 5.16. The molecule has 1 saturated carbocycles. The molecule has 0 amide bonds. The van der Waals surface area contributed by atoms with E-state index in [1.165, 1.54) is 32.1 Å². The van der Waals surface area contributed by atoms with Gasteiger partial charge in [-0.3, -0.25) is 0 Å². The lowest BCUT2D eigenvalue weighted by Crippen LogP contribution is -2.37. The van der Waals surface area contributed by atoms with Crippen LogP contribution in [0.5, 0.6) is 0 Å². The smallest absolute Gasteiger partial charge is 0.117 e. The monoisotopic (exact) mass is 235 g/mol. The van der Waals surface area contributed by atoms with Crippen LogP contribution in [0.2, 0.25) is 0 Å². The minimum atomic E-state index is 0.698. The van der Waals surface area contributed by atoms with Gasteiger partial charge in [0, 0.05) is 12.5 Å². The van der Waals surface area contributed by atoms with Gasteiger partial charge in [0.15, 0.2) is 0 Å². The first kappa shape index (κ1) is 12.7. The summed E-state index contributed by atoms with van der Waals surface area (Å²) in [5, 5.41) is 3.68. The van der Waals surface area contributed by atoms with Gasteiger partial charge in [-0.05, 0) is 30.9 Å². The van der Waals surface area contributed by atoms with Crippen molar-refractivity contribution in [1.29, 1.82) is 0 Å². The molecule has 0 aliphatic heterocycles. The van der Waals surface area contributed by atoms with Crippen LogP contribution in [0.15, 0.2) is 16.5 Å². The Hall–Kier alpha value is -0.760. The first-order chi connectivity index (χ1) is 8.33.